The lowest BCUT2D eigenvalue weighted by molar-refractivity contribution is -0.136. The van der Waals surface area contributed by atoms with Crippen LogP contribution in [0.5, 0.6) is 0 Å². The summed E-state index contributed by atoms with van der Waals surface area (Å²) in [6.07, 6.45) is 2.28. The van der Waals surface area contributed by atoms with Crippen LogP contribution in [-0.4, -0.2) is 54.5 Å². The van der Waals surface area contributed by atoms with Crippen molar-refractivity contribution < 1.29 is 19.2 Å². The van der Waals surface area contributed by atoms with Crippen LogP contribution in [-0.2, 0) is 22.7 Å². The predicted molar refractivity (Wildman–Crippen MR) is 111 cm³/mol. The van der Waals surface area contributed by atoms with Crippen LogP contribution in [0.3, 0.4) is 0 Å². The van der Waals surface area contributed by atoms with E-state index in [4.69, 9.17) is 5.73 Å². The Balaban J connectivity index is 1.33. The van der Waals surface area contributed by atoms with Crippen LogP contribution in [0.4, 0.5) is 0 Å². The fourth-order valence-electron chi connectivity index (χ4n) is 3.88. The summed E-state index contributed by atoms with van der Waals surface area (Å²) in [5, 5.41) is 12.9. The highest BCUT2D eigenvalue weighted by molar-refractivity contribution is 7.09. The number of benzene rings is 1. The highest BCUT2D eigenvalue weighted by atomic mass is 32.1. The summed E-state index contributed by atoms with van der Waals surface area (Å²) in [7, 11) is 0. The van der Waals surface area contributed by atoms with Gasteiger partial charge in [-0.1, -0.05) is 11.3 Å². The molecule has 1 atom stereocenters. The lowest BCUT2D eigenvalue weighted by atomic mass is 10.0. The second-order valence-corrected chi connectivity index (χ2v) is 8.51. The van der Waals surface area contributed by atoms with Gasteiger partial charge in [-0.25, -0.2) is 9.67 Å². The molecule has 5 rings (SSSR count). The highest BCUT2D eigenvalue weighted by Gasteiger charge is 2.39. The summed E-state index contributed by atoms with van der Waals surface area (Å²) in [6, 6.07) is 4.72. The lowest BCUT2D eigenvalue weighted by Gasteiger charge is -2.29. The molecule has 1 saturated heterocycles. The number of fused-ring (bicyclic) bond motifs is 1. The third kappa shape index (κ3) is 3.54. The van der Waals surface area contributed by atoms with Crippen molar-refractivity contribution in [3.63, 3.8) is 0 Å². The zero-order valence-corrected chi connectivity index (χ0v) is 17.5. The van der Waals surface area contributed by atoms with Crippen molar-refractivity contribution in [1.29, 1.82) is 0 Å². The molecule has 162 valence electrons. The number of imide groups is 1. The molecule has 0 radical (unpaired) electrons. The van der Waals surface area contributed by atoms with Crippen molar-refractivity contribution in [2.24, 2.45) is 5.73 Å². The van der Waals surface area contributed by atoms with Gasteiger partial charge >= 0.3 is 0 Å². The molecule has 4 heterocycles. The number of thiazole rings is 1. The molecule has 2 aliphatic heterocycles. The quantitative estimate of drug-likeness (QED) is 0.529. The number of carbonyl (C=O) groups is 4. The van der Waals surface area contributed by atoms with Crippen LogP contribution < -0.4 is 11.1 Å². The summed E-state index contributed by atoms with van der Waals surface area (Å²) in [6.45, 7) is 0.634. The molecule has 11 nitrogen and oxygen atoms in total. The summed E-state index contributed by atoms with van der Waals surface area (Å²) in [5.74, 6) is -1.55. The Morgan fingerprint density at radius 1 is 1.28 bits per heavy atom. The van der Waals surface area contributed by atoms with Crippen molar-refractivity contribution in [2.45, 2.75) is 32.0 Å². The van der Waals surface area contributed by atoms with Gasteiger partial charge in [0, 0.05) is 29.5 Å². The lowest BCUT2D eigenvalue weighted by Crippen LogP contribution is -2.52. The average Bonchev–Trinajstić information content (AvgIpc) is 3.48. The van der Waals surface area contributed by atoms with Gasteiger partial charge in [0.1, 0.15) is 22.4 Å². The van der Waals surface area contributed by atoms with Gasteiger partial charge in [-0.2, -0.15) is 0 Å². The van der Waals surface area contributed by atoms with Crippen molar-refractivity contribution in [2.75, 3.05) is 0 Å². The maximum atomic E-state index is 12.8. The Hall–Kier alpha value is -3.93. The van der Waals surface area contributed by atoms with E-state index in [0.29, 0.717) is 29.2 Å². The van der Waals surface area contributed by atoms with Crippen LogP contribution in [0, 0.1) is 0 Å². The molecule has 3 aromatic rings. The molecule has 12 heteroatoms. The molecule has 0 spiro atoms. The first-order valence-electron chi connectivity index (χ1n) is 9.81. The van der Waals surface area contributed by atoms with Crippen molar-refractivity contribution in [3.05, 3.63) is 51.6 Å². The largest absolute Gasteiger partial charge is 0.364 e. The summed E-state index contributed by atoms with van der Waals surface area (Å²) in [4.78, 5) is 53.3. The standard InChI is InChI=1S/C20H17N7O4S/c21-18(29)14-9-32-17(22-14)8-26-7-13(24-25-26)10-1-2-12-11(5-10)6-27(20(12)31)15-3-4-16(28)23-19(15)30/h1-2,5,7,9,15H,3-4,6,8H2,(H2,21,29)(H,23,28,30). The van der Waals surface area contributed by atoms with Gasteiger partial charge in [0.15, 0.2) is 0 Å². The van der Waals surface area contributed by atoms with Crippen molar-refractivity contribution in [3.8, 4) is 11.3 Å². The minimum Gasteiger partial charge on any atom is -0.364 e. The van der Waals surface area contributed by atoms with Gasteiger partial charge in [0.05, 0.1) is 12.7 Å². The minimum absolute atomic E-state index is 0.213. The van der Waals surface area contributed by atoms with E-state index in [1.165, 1.54) is 16.2 Å². The van der Waals surface area contributed by atoms with Crippen LogP contribution in [0.1, 0.15) is 44.3 Å². The number of piperidine rings is 1. The monoisotopic (exact) mass is 451 g/mol. The van der Waals surface area contributed by atoms with E-state index < -0.39 is 17.9 Å². The average molecular weight is 451 g/mol. The Morgan fingerprint density at radius 2 is 2.12 bits per heavy atom. The first kappa shape index (κ1) is 20.0. The van der Waals surface area contributed by atoms with Gasteiger partial charge in [0.2, 0.25) is 11.8 Å². The number of hydrogen-bond acceptors (Lipinski definition) is 8. The Bertz CT molecular complexity index is 1280. The topological polar surface area (TPSA) is 153 Å². The van der Waals surface area contributed by atoms with Crippen LogP contribution in [0.2, 0.25) is 0 Å². The Morgan fingerprint density at radius 3 is 2.88 bits per heavy atom. The summed E-state index contributed by atoms with van der Waals surface area (Å²) >= 11 is 1.31. The van der Waals surface area contributed by atoms with E-state index in [1.807, 2.05) is 6.07 Å². The van der Waals surface area contributed by atoms with Crippen LogP contribution >= 0.6 is 11.3 Å². The summed E-state index contributed by atoms with van der Waals surface area (Å²) in [5.41, 5.74) is 8.17. The van der Waals surface area contributed by atoms with E-state index in [0.717, 1.165) is 11.1 Å². The van der Waals surface area contributed by atoms with Gasteiger partial charge in [0.25, 0.3) is 11.8 Å². The normalized spacial score (nSPS) is 18.1. The van der Waals surface area contributed by atoms with Crippen LogP contribution in [0.25, 0.3) is 11.3 Å². The Labute approximate surface area is 185 Å². The zero-order valence-electron chi connectivity index (χ0n) is 16.6. The third-order valence-corrected chi connectivity index (χ3v) is 6.29. The predicted octanol–water partition coefficient (Wildman–Crippen LogP) is 0.310. The molecule has 4 amide bonds. The maximum Gasteiger partial charge on any atom is 0.268 e. The number of primary amides is 1. The number of rotatable bonds is 5. The first-order chi connectivity index (χ1) is 15.4. The smallest absolute Gasteiger partial charge is 0.268 e. The van der Waals surface area contributed by atoms with E-state index in [2.05, 4.69) is 20.6 Å². The zero-order chi connectivity index (χ0) is 22.4. The second kappa shape index (κ2) is 7.64. The number of carbonyl (C=O) groups excluding carboxylic acids is 4. The Kier molecular flexibility index (Phi) is 4.78. The SMILES string of the molecule is NC(=O)c1csc(Cn2cc(-c3ccc4c(c3)CN(C3CCC(=O)NC3=O)C4=O)nn2)n1. The first-order valence-corrected chi connectivity index (χ1v) is 10.7. The van der Waals surface area contributed by atoms with E-state index in [9.17, 15) is 19.2 Å². The molecule has 2 aliphatic rings. The minimum atomic E-state index is -0.652. The number of nitrogens with two attached hydrogens (primary N) is 1. The van der Waals surface area contributed by atoms with E-state index in [1.54, 1.807) is 28.4 Å². The molecule has 0 saturated carbocycles. The molecule has 0 bridgehead atoms. The van der Waals surface area contributed by atoms with E-state index >= 15 is 0 Å². The fraction of sp³-hybridized carbons (Fsp3) is 0.250. The van der Waals surface area contributed by atoms with Crippen molar-refractivity contribution in [1.82, 2.24) is 30.2 Å². The van der Waals surface area contributed by atoms with Gasteiger partial charge in [-0.3, -0.25) is 24.5 Å². The summed E-state index contributed by atoms with van der Waals surface area (Å²) < 4.78 is 1.60. The molecule has 3 N–H and O–H groups in total. The molecule has 2 aromatic heterocycles. The fourth-order valence-corrected chi connectivity index (χ4v) is 4.65. The third-order valence-electron chi connectivity index (χ3n) is 5.46. The van der Waals surface area contributed by atoms with Crippen LogP contribution in [0.15, 0.2) is 29.8 Å². The van der Waals surface area contributed by atoms with Gasteiger partial charge < -0.3 is 10.6 Å². The maximum absolute atomic E-state index is 12.8. The molecule has 1 aromatic carbocycles. The number of aromatic nitrogens is 4. The van der Waals surface area contributed by atoms with Crippen molar-refractivity contribution >= 4 is 35.0 Å². The number of nitrogens with one attached hydrogen (secondary N) is 1. The molecular weight excluding hydrogens is 434 g/mol. The number of amides is 4. The molecule has 32 heavy (non-hydrogen) atoms. The molecule has 0 aliphatic carbocycles. The number of hydrogen-bond donors (Lipinski definition) is 2. The van der Waals surface area contributed by atoms with Gasteiger partial charge in [-0.15, -0.1) is 16.4 Å². The molecule has 1 fully saturated rings. The second-order valence-electron chi connectivity index (χ2n) is 7.56. The van der Waals surface area contributed by atoms with Gasteiger partial charge in [-0.05, 0) is 24.1 Å². The molecular formula is C20H17N7O4S. The number of nitrogens with zero attached hydrogens (tertiary/aromatic N) is 5. The molecule has 1 unspecified atom stereocenters. The van der Waals surface area contributed by atoms with E-state index in [-0.39, 0.29) is 30.5 Å². The highest BCUT2D eigenvalue weighted by Crippen LogP contribution is 2.30.